The molecular weight excluding hydrogens is 528 g/mol. The van der Waals surface area contributed by atoms with Gasteiger partial charge in [-0.25, -0.2) is 0 Å². The number of anilines is 1. The van der Waals surface area contributed by atoms with Crippen LogP contribution in [0.15, 0.2) is 23.0 Å². The summed E-state index contributed by atoms with van der Waals surface area (Å²) in [4.78, 5) is 42.8. The quantitative estimate of drug-likeness (QED) is 0.208. The van der Waals surface area contributed by atoms with Crippen LogP contribution >= 0.6 is 0 Å². The van der Waals surface area contributed by atoms with Crippen molar-refractivity contribution in [3.8, 4) is 5.75 Å². The van der Waals surface area contributed by atoms with E-state index < -0.39 is 58.0 Å². The Morgan fingerprint density at radius 2 is 1.78 bits per heavy atom. The second-order valence-corrected chi connectivity index (χ2v) is 13.1. The van der Waals surface area contributed by atoms with Gasteiger partial charge in [0.1, 0.15) is 22.8 Å². The molecule has 0 saturated heterocycles. The lowest BCUT2D eigenvalue weighted by Crippen LogP contribution is -2.65. The van der Waals surface area contributed by atoms with E-state index in [1.54, 1.807) is 14.1 Å². The molecule has 1 aromatic carbocycles. The Kier molecular flexibility index (Phi) is 7.79. The third kappa shape index (κ3) is 4.89. The smallest absolute Gasteiger partial charge is 0.255 e. The normalized spacial score (nSPS) is 26.2. The van der Waals surface area contributed by atoms with Crippen LogP contribution < -0.4 is 16.0 Å². The Labute approximate surface area is 240 Å². The number of primary amides is 1. The zero-order valence-electron chi connectivity index (χ0n) is 24.8. The Balaban J connectivity index is 1.87. The number of phenolic OH excluding ortho intramolecular Hbond substituents is 1. The first-order valence-electron chi connectivity index (χ1n) is 13.8. The maximum absolute atomic E-state index is 14.1. The first kappa shape index (κ1) is 30.5. The summed E-state index contributed by atoms with van der Waals surface area (Å²) in [7, 11) is 6.85. The molecule has 41 heavy (non-hydrogen) atoms. The summed E-state index contributed by atoms with van der Waals surface area (Å²) in [5, 5.41) is 49.1. The molecule has 4 rings (SSSR count). The van der Waals surface area contributed by atoms with Crippen molar-refractivity contribution < 1.29 is 34.8 Å². The molecular formula is C30H42N4O7. The van der Waals surface area contributed by atoms with Gasteiger partial charge in [-0.15, -0.1) is 0 Å². The van der Waals surface area contributed by atoms with Gasteiger partial charge in [-0.3, -0.25) is 19.3 Å². The molecule has 0 spiro atoms. The number of amides is 1. The van der Waals surface area contributed by atoms with E-state index in [1.165, 1.54) is 4.90 Å². The molecule has 0 heterocycles. The molecule has 3 aliphatic carbocycles. The summed E-state index contributed by atoms with van der Waals surface area (Å²) in [5.74, 6) is -6.53. The molecule has 7 N–H and O–H groups in total. The van der Waals surface area contributed by atoms with E-state index in [0.29, 0.717) is 24.2 Å². The van der Waals surface area contributed by atoms with Crippen molar-refractivity contribution >= 4 is 28.9 Å². The Morgan fingerprint density at radius 3 is 2.32 bits per heavy atom. The van der Waals surface area contributed by atoms with Gasteiger partial charge >= 0.3 is 0 Å². The van der Waals surface area contributed by atoms with Crippen LogP contribution in [-0.4, -0.2) is 89.2 Å². The standard InChI is InChI=1S/C30H42N4O7/c1-29(2,3)8-9-32-13-15-12-18(33(4)5)16-10-14-11-17-22(34(6)7)25(37)21(28(31)40)27(39)30(17,41)26(38)19(14)24(36)20(16)23(15)35/h12,14,17,22,32,35-36,39,41H,8-11,13H2,1-7H3,(H2,31,40). The summed E-state index contributed by atoms with van der Waals surface area (Å²) in [6.45, 7) is 7.44. The molecule has 4 unspecified atom stereocenters. The van der Waals surface area contributed by atoms with Crippen LogP contribution in [0, 0.1) is 17.3 Å². The van der Waals surface area contributed by atoms with E-state index in [0.717, 1.165) is 12.1 Å². The number of nitrogens with zero attached hydrogens (tertiary/aromatic N) is 2. The number of nitrogens with one attached hydrogen (secondary N) is 1. The number of Topliss-reactive ketones (excluding diaryl/α,β-unsaturated/α-hetero) is 2. The SMILES string of the molecule is CN(C)c1cc(CNCCC(C)(C)C)c(O)c2c1CC1CC3C(N(C)C)C(=O)C(C(N)=O)=C(O)C3(O)C(=O)C1=C2O. The summed E-state index contributed by atoms with van der Waals surface area (Å²) in [6.07, 6.45) is 1.20. The number of hydrogen-bond donors (Lipinski definition) is 6. The zero-order valence-corrected chi connectivity index (χ0v) is 24.8. The third-order valence-electron chi connectivity index (χ3n) is 8.63. The van der Waals surface area contributed by atoms with E-state index in [2.05, 4.69) is 26.1 Å². The molecule has 0 aromatic heterocycles. The van der Waals surface area contributed by atoms with E-state index in [1.807, 2.05) is 25.1 Å². The van der Waals surface area contributed by atoms with Gasteiger partial charge in [0.2, 0.25) is 5.78 Å². The van der Waals surface area contributed by atoms with Gasteiger partial charge in [0.25, 0.3) is 5.91 Å². The van der Waals surface area contributed by atoms with Crippen LogP contribution in [0.4, 0.5) is 5.69 Å². The van der Waals surface area contributed by atoms with Crippen LogP contribution in [0.2, 0.25) is 0 Å². The van der Waals surface area contributed by atoms with Crippen molar-refractivity contribution in [2.45, 2.75) is 58.2 Å². The highest BCUT2D eigenvalue weighted by atomic mass is 16.3. The Hall–Kier alpha value is -3.41. The predicted octanol–water partition coefficient (Wildman–Crippen LogP) is 1.56. The Bertz CT molecular complexity index is 1370. The lowest BCUT2D eigenvalue weighted by Gasteiger charge is -2.50. The molecule has 1 saturated carbocycles. The van der Waals surface area contributed by atoms with Gasteiger partial charge < -0.3 is 36.4 Å². The number of benzene rings is 1. The number of carbonyl (C=O) groups excluding carboxylic acids is 3. The monoisotopic (exact) mass is 570 g/mol. The average Bonchev–Trinajstić information content (AvgIpc) is 2.83. The largest absolute Gasteiger partial charge is 0.508 e. The molecule has 1 fully saturated rings. The number of fused-ring (bicyclic) bond motifs is 3. The molecule has 4 atom stereocenters. The fourth-order valence-electron chi connectivity index (χ4n) is 6.57. The van der Waals surface area contributed by atoms with E-state index in [-0.39, 0.29) is 35.1 Å². The second kappa shape index (κ2) is 10.5. The minimum atomic E-state index is -2.66. The number of carbonyl (C=O) groups is 3. The van der Waals surface area contributed by atoms with Crippen LogP contribution in [-0.2, 0) is 27.3 Å². The van der Waals surface area contributed by atoms with Gasteiger partial charge in [-0.05, 0) is 62.9 Å². The predicted molar refractivity (Wildman–Crippen MR) is 154 cm³/mol. The summed E-state index contributed by atoms with van der Waals surface area (Å²) < 4.78 is 0. The molecule has 1 aromatic rings. The van der Waals surface area contributed by atoms with Gasteiger partial charge in [0.05, 0.1) is 11.6 Å². The number of ketones is 2. The number of nitrogens with two attached hydrogens (primary N) is 1. The van der Waals surface area contributed by atoms with Gasteiger partial charge in [-0.2, -0.15) is 0 Å². The number of aliphatic hydroxyl groups excluding tert-OH is 2. The van der Waals surface area contributed by atoms with Crippen LogP contribution in [0.1, 0.15) is 50.3 Å². The van der Waals surface area contributed by atoms with E-state index in [9.17, 15) is 34.8 Å². The van der Waals surface area contributed by atoms with Gasteiger partial charge in [0, 0.05) is 43.4 Å². The van der Waals surface area contributed by atoms with Crippen LogP contribution in [0.3, 0.4) is 0 Å². The van der Waals surface area contributed by atoms with Crippen molar-refractivity contribution in [2.75, 3.05) is 39.6 Å². The minimum absolute atomic E-state index is 0.0511. The first-order valence-corrected chi connectivity index (χ1v) is 13.8. The fourth-order valence-corrected chi connectivity index (χ4v) is 6.57. The number of aromatic hydroxyl groups is 1. The molecule has 0 bridgehead atoms. The molecule has 11 heteroatoms. The highest BCUT2D eigenvalue weighted by Gasteiger charge is 2.64. The van der Waals surface area contributed by atoms with Crippen molar-refractivity contribution in [1.82, 2.24) is 10.2 Å². The van der Waals surface area contributed by atoms with Gasteiger partial charge in [0.15, 0.2) is 11.4 Å². The van der Waals surface area contributed by atoms with E-state index >= 15 is 0 Å². The molecule has 11 nitrogen and oxygen atoms in total. The Morgan fingerprint density at radius 1 is 1.15 bits per heavy atom. The third-order valence-corrected chi connectivity index (χ3v) is 8.63. The lowest BCUT2D eigenvalue weighted by molar-refractivity contribution is -0.153. The van der Waals surface area contributed by atoms with Crippen LogP contribution in [0.5, 0.6) is 5.75 Å². The number of rotatable bonds is 7. The molecule has 3 aliphatic rings. The van der Waals surface area contributed by atoms with Crippen molar-refractivity contribution in [3.63, 3.8) is 0 Å². The number of likely N-dealkylation sites (N-methyl/N-ethyl adjacent to an activating group) is 1. The molecule has 0 aliphatic heterocycles. The highest BCUT2D eigenvalue weighted by molar-refractivity contribution is 6.24. The second-order valence-electron chi connectivity index (χ2n) is 13.1. The van der Waals surface area contributed by atoms with Crippen molar-refractivity contribution in [3.05, 3.63) is 39.7 Å². The van der Waals surface area contributed by atoms with Crippen molar-refractivity contribution in [1.29, 1.82) is 0 Å². The minimum Gasteiger partial charge on any atom is -0.508 e. The average molecular weight is 571 g/mol. The zero-order chi connectivity index (χ0) is 30.8. The number of phenols is 1. The molecule has 224 valence electrons. The summed E-state index contributed by atoms with van der Waals surface area (Å²) in [5.41, 5.74) is 3.90. The molecule has 0 radical (unpaired) electrons. The fraction of sp³-hybridized carbons (Fsp3) is 0.567. The van der Waals surface area contributed by atoms with Gasteiger partial charge in [-0.1, -0.05) is 20.8 Å². The number of aliphatic hydroxyl groups is 3. The van der Waals surface area contributed by atoms with E-state index in [4.69, 9.17) is 5.73 Å². The topological polar surface area (TPSA) is 177 Å². The first-order chi connectivity index (χ1) is 18.9. The van der Waals surface area contributed by atoms with Crippen LogP contribution in [0.25, 0.3) is 5.76 Å². The summed E-state index contributed by atoms with van der Waals surface area (Å²) >= 11 is 0. The maximum Gasteiger partial charge on any atom is 0.255 e. The van der Waals surface area contributed by atoms with Crippen molar-refractivity contribution in [2.24, 2.45) is 23.0 Å². The molecule has 1 amide bonds. The number of hydrogen-bond acceptors (Lipinski definition) is 10. The highest BCUT2D eigenvalue weighted by Crippen LogP contribution is 2.54. The summed E-state index contributed by atoms with van der Waals surface area (Å²) in [6, 6.07) is 0.744. The lowest BCUT2D eigenvalue weighted by atomic mass is 9.57. The maximum atomic E-state index is 14.1.